The molecule has 0 amide bonds. The van der Waals surface area contributed by atoms with Crippen molar-refractivity contribution in [3.63, 3.8) is 0 Å². The summed E-state index contributed by atoms with van der Waals surface area (Å²) < 4.78 is 10.00. The molecule has 1 aliphatic rings. The van der Waals surface area contributed by atoms with E-state index < -0.39 is 6.10 Å². The zero-order valence-electron chi connectivity index (χ0n) is 19.3. The summed E-state index contributed by atoms with van der Waals surface area (Å²) in [5.74, 6) is -0.0267. The van der Waals surface area contributed by atoms with E-state index in [0.717, 1.165) is 43.8 Å². The second kappa shape index (κ2) is 8.86. The van der Waals surface area contributed by atoms with Gasteiger partial charge in [0.1, 0.15) is 5.65 Å². The summed E-state index contributed by atoms with van der Waals surface area (Å²) in [5.41, 5.74) is 3.75. The number of aliphatic hydroxyl groups is 1. The van der Waals surface area contributed by atoms with Gasteiger partial charge in [-0.05, 0) is 57.4 Å². The molecule has 0 saturated carbocycles. The Morgan fingerprint density at radius 1 is 1.14 bits per heavy atom. The van der Waals surface area contributed by atoms with E-state index in [9.17, 15) is 9.90 Å². The van der Waals surface area contributed by atoms with Crippen LogP contribution in [0.25, 0.3) is 32.7 Å². The second-order valence-electron chi connectivity index (χ2n) is 9.30. The number of fused-ring (bicyclic) bond motifs is 4. The lowest BCUT2D eigenvalue weighted by atomic mass is 9.95. The number of rotatable bonds is 4. The molecule has 4 heterocycles. The highest BCUT2D eigenvalue weighted by molar-refractivity contribution is 9.10. The van der Waals surface area contributed by atoms with Gasteiger partial charge >= 0.3 is 0 Å². The predicted octanol–water partition coefficient (Wildman–Crippen LogP) is 4.19. The molecule has 5 aromatic rings. The van der Waals surface area contributed by atoms with Gasteiger partial charge in [-0.15, -0.1) is 0 Å². The fraction of sp³-hybridized carbons (Fsp3) is 0.296. The second-order valence-corrected chi connectivity index (χ2v) is 10.2. The minimum Gasteiger partial charge on any atom is -0.390 e. The molecule has 6 rings (SSSR count). The monoisotopic (exact) mass is 532 g/mol. The van der Waals surface area contributed by atoms with Gasteiger partial charge in [0.05, 0.1) is 29.9 Å². The molecule has 35 heavy (non-hydrogen) atoms. The zero-order chi connectivity index (χ0) is 24.1. The number of ether oxygens (including phenoxy) is 1. The smallest absolute Gasteiger partial charge is 0.261 e. The lowest BCUT2D eigenvalue weighted by molar-refractivity contribution is -0.0486. The number of aryl methyl sites for hydroxylation is 1. The minimum absolute atomic E-state index is 0.0267. The molecule has 1 fully saturated rings. The van der Waals surface area contributed by atoms with Gasteiger partial charge in [0, 0.05) is 53.8 Å². The summed E-state index contributed by atoms with van der Waals surface area (Å²) >= 11 is 3.69. The van der Waals surface area contributed by atoms with Gasteiger partial charge in [0.15, 0.2) is 0 Å². The van der Waals surface area contributed by atoms with E-state index in [1.807, 2.05) is 54.3 Å². The van der Waals surface area contributed by atoms with Crippen molar-refractivity contribution in [1.82, 2.24) is 19.1 Å². The standard InChI is InChI=1S/C27H25BrN4O3/c1-31-13-22(28)24-16(6-8-29-26(24)31)10-18-11-21-25(20-5-3-2-4-19(18)20)30-15-32(27(21)34)12-17-7-9-35-14-23(17)33/h2-6,8,11,13,15,17,23,33H,7,9-10,12,14H2,1H3/t17-,23+/m1/s1. The lowest BCUT2D eigenvalue weighted by Crippen LogP contribution is -2.37. The first-order valence-electron chi connectivity index (χ1n) is 11.7. The van der Waals surface area contributed by atoms with Crippen LogP contribution in [-0.2, 0) is 24.8 Å². The normalized spacial score (nSPS) is 18.6. The van der Waals surface area contributed by atoms with E-state index in [2.05, 4.69) is 27.0 Å². The Bertz CT molecular complexity index is 1640. The quantitative estimate of drug-likeness (QED) is 0.351. The molecule has 0 radical (unpaired) electrons. The van der Waals surface area contributed by atoms with Crippen LogP contribution in [0.4, 0.5) is 0 Å². The highest BCUT2D eigenvalue weighted by Crippen LogP contribution is 2.32. The summed E-state index contributed by atoms with van der Waals surface area (Å²) in [6.07, 6.45) is 6.28. The van der Waals surface area contributed by atoms with Crippen LogP contribution in [0.3, 0.4) is 0 Å². The first-order valence-corrected chi connectivity index (χ1v) is 12.5. The molecule has 1 saturated heterocycles. The van der Waals surface area contributed by atoms with Crippen molar-refractivity contribution >= 4 is 48.6 Å². The molecule has 2 aromatic carbocycles. The Kier molecular flexibility index (Phi) is 5.67. The molecule has 3 aromatic heterocycles. The first-order chi connectivity index (χ1) is 17.0. The third kappa shape index (κ3) is 3.86. The molecular formula is C27H25BrN4O3. The number of aliphatic hydroxyl groups excluding tert-OH is 1. The maximum Gasteiger partial charge on any atom is 0.261 e. The summed E-state index contributed by atoms with van der Waals surface area (Å²) in [6, 6.07) is 12.2. The van der Waals surface area contributed by atoms with Crippen LogP contribution in [0.1, 0.15) is 17.5 Å². The largest absolute Gasteiger partial charge is 0.390 e. The van der Waals surface area contributed by atoms with E-state index in [1.54, 1.807) is 10.9 Å². The Morgan fingerprint density at radius 2 is 1.97 bits per heavy atom. The van der Waals surface area contributed by atoms with Crippen LogP contribution in [0.15, 0.2) is 64.4 Å². The van der Waals surface area contributed by atoms with E-state index in [4.69, 9.17) is 9.72 Å². The van der Waals surface area contributed by atoms with Crippen LogP contribution >= 0.6 is 15.9 Å². The van der Waals surface area contributed by atoms with E-state index in [1.165, 1.54) is 0 Å². The number of pyridine rings is 1. The average molecular weight is 533 g/mol. The van der Waals surface area contributed by atoms with Crippen molar-refractivity contribution < 1.29 is 9.84 Å². The Balaban J connectivity index is 1.50. The number of halogens is 1. The Morgan fingerprint density at radius 3 is 2.80 bits per heavy atom. The predicted molar refractivity (Wildman–Crippen MR) is 140 cm³/mol. The van der Waals surface area contributed by atoms with Gasteiger partial charge in [-0.25, -0.2) is 9.97 Å². The number of aromatic nitrogens is 4. The van der Waals surface area contributed by atoms with E-state index >= 15 is 0 Å². The number of nitrogens with zero attached hydrogens (tertiary/aromatic N) is 4. The average Bonchev–Trinajstić information content (AvgIpc) is 3.16. The fourth-order valence-corrected chi connectivity index (χ4v) is 5.99. The van der Waals surface area contributed by atoms with Crippen LogP contribution < -0.4 is 5.56 Å². The van der Waals surface area contributed by atoms with Gasteiger partial charge in [-0.3, -0.25) is 9.36 Å². The molecule has 2 atom stereocenters. The molecule has 178 valence electrons. The van der Waals surface area contributed by atoms with Crippen molar-refractivity contribution in [2.45, 2.75) is 25.5 Å². The van der Waals surface area contributed by atoms with E-state index in [0.29, 0.717) is 37.1 Å². The molecule has 8 heteroatoms. The molecule has 7 nitrogen and oxygen atoms in total. The highest BCUT2D eigenvalue weighted by Gasteiger charge is 2.25. The molecule has 0 bridgehead atoms. The van der Waals surface area contributed by atoms with Gasteiger partial charge in [-0.2, -0.15) is 0 Å². The minimum atomic E-state index is -0.572. The fourth-order valence-electron chi connectivity index (χ4n) is 5.25. The maximum absolute atomic E-state index is 13.6. The summed E-state index contributed by atoms with van der Waals surface area (Å²) in [6.45, 7) is 1.34. The lowest BCUT2D eigenvalue weighted by Gasteiger charge is -2.28. The van der Waals surface area contributed by atoms with Crippen molar-refractivity contribution in [3.8, 4) is 0 Å². The van der Waals surface area contributed by atoms with Crippen molar-refractivity contribution in [2.75, 3.05) is 13.2 Å². The maximum atomic E-state index is 13.6. The van der Waals surface area contributed by atoms with Gasteiger partial charge in [-0.1, -0.05) is 24.3 Å². The molecule has 0 spiro atoms. The SMILES string of the molecule is Cn1cc(Br)c2c(Cc3cc4c(=O)n(C[C@H]5CCOC[C@@H]5O)cnc4c4ccccc34)ccnc21. The van der Waals surface area contributed by atoms with Crippen LogP contribution in [0.5, 0.6) is 0 Å². The summed E-state index contributed by atoms with van der Waals surface area (Å²) in [5, 5.41) is 14.1. The van der Waals surface area contributed by atoms with Crippen LogP contribution in [0.2, 0.25) is 0 Å². The van der Waals surface area contributed by atoms with Crippen molar-refractivity contribution in [3.05, 3.63) is 81.1 Å². The molecule has 1 aliphatic heterocycles. The molecule has 0 aliphatic carbocycles. The van der Waals surface area contributed by atoms with Gasteiger partial charge in [0.25, 0.3) is 5.56 Å². The topological polar surface area (TPSA) is 82.2 Å². The van der Waals surface area contributed by atoms with Gasteiger partial charge < -0.3 is 14.4 Å². The third-order valence-electron chi connectivity index (χ3n) is 7.09. The molecule has 1 N–H and O–H groups in total. The highest BCUT2D eigenvalue weighted by atomic mass is 79.9. The van der Waals surface area contributed by atoms with Crippen molar-refractivity contribution in [2.24, 2.45) is 13.0 Å². The number of benzene rings is 2. The van der Waals surface area contributed by atoms with Crippen LogP contribution in [0, 0.1) is 5.92 Å². The first kappa shape index (κ1) is 22.4. The summed E-state index contributed by atoms with van der Waals surface area (Å²) in [7, 11) is 1.98. The van der Waals surface area contributed by atoms with Crippen LogP contribution in [-0.4, -0.2) is 43.5 Å². The molecule has 0 unspecified atom stereocenters. The molecular weight excluding hydrogens is 508 g/mol. The summed E-state index contributed by atoms with van der Waals surface area (Å²) in [4.78, 5) is 22.9. The Hall–Kier alpha value is -3.07. The zero-order valence-corrected chi connectivity index (χ0v) is 20.9. The van der Waals surface area contributed by atoms with E-state index in [-0.39, 0.29) is 11.5 Å². The number of hydrogen-bond acceptors (Lipinski definition) is 5. The third-order valence-corrected chi connectivity index (χ3v) is 7.70. The Labute approximate surface area is 210 Å². The number of hydrogen-bond donors (Lipinski definition) is 1. The van der Waals surface area contributed by atoms with Gasteiger partial charge in [0.2, 0.25) is 0 Å². The van der Waals surface area contributed by atoms with Crippen molar-refractivity contribution in [1.29, 1.82) is 0 Å².